The Bertz CT molecular complexity index is 1280. The van der Waals surface area contributed by atoms with Gasteiger partial charge in [0.15, 0.2) is 5.16 Å². The van der Waals surface area contributed by atoms with E-state index in [4.69, 9.17) is 9.51 Å². The fraction of sp³-hybridized carbons (Fsp3) is 0.125. The average molecular weight is 413 g/mol. The Morgan fingerprint density at radius 1 is 0.867 bits per heavy atom. The van der Waals surface area contributed by atoms with E-state index in [1.54, 1.807) is 11.8 Å². The highest BCUT2D eigenvalue weighted by atomic mass is 32.2. The number of aromatic nitrogens is 4. The molecule has 30 heavy (non-hydrogen) atoms. The smallest absolute Gasteiger partial charge is 0.237 e. The first-order chi connectivity index (χ1) is 14.8. The Kier molecular flexibility index (Phi) is 5.07. The molecule has 3 aromatic carbocycles. The van der Waals surface area contributed by atoms with Gasteiger partial charge in [-0.3, -0.25) is 0 Å². The lowest BCUT2D eigenvalue weighted by atomic mass is 10.1. The highest BCUT2D eigenvalue weighted by Gasteiger charge is 2.14. The van der Waals surface area contributed by atoms with Crippen LogP contribution in [0.3, 0.4) is 0 Å². The van der Waals surface area contributed by atoms with E-state index in [0.717, 1.165) is 28.3 Å². The molecule has 0 saturated heterocycles. The normalized spacial score (nSPS) is 11.2. The van der Waals surface area contributed by atoms with E-state index in [0.29, 0.717) is 17.5 Å². The molecule has 0 spiro atoms. The monoisotopic (exact) mass is 412 g/mol. The molecule has 5 rings (SSSR count). The second-order valence-corrected chi connectivity index (χ2v) is 8.06. The first-order valence-corrected chi connectivity index (χ1v) is 10.8. The van der Waals surface area contributed by atoms with Crippen LogP contribution in [-0.4, -0.2) is 19.7 Å². The van der Waals surface area contributed by atoms with Gasteiger partial charge in [-0.25, -0.2) is 4.98 Å². The summed E-state index contributed by atoms with van der Waals surface area (Å²) in [4.78, 5) is 9.39. The molecule has 148 valence electrons. The molecule has 0 radical (unpaired) electrons. The lowest BCUT2D eigenvalue weighted by molar-refractivity contribution is 0.391. The molecule has 0 aliphatic heterocycles. The fourth-order valence-electron chi connectivity index (χ4n) is 3.34. The van der Waals surface area contributed by atoms with Crippen LogP contribution in [0.2, 0.25) is 0 Å². The van der Waals surface area contributed by atoms with Gasteiger partial charge in [0.1, 0.15) is 0 Å². The van der Waals surface area contributed by atoms with Crippen molar-refractivity contribution in [1.82, 2.24) is 19.7 Å². The standard InChI is InChI=1S/C24H20N4OS/c1-17-11-13-19(14-12-17)23-26-22(29-27-23)16-30-24-25-20-9-5-6-10-21(20)28(24)15-18-7-3-2-4-8-18/h2-14H,15-16H2,1H3. The molecule has 0 aliphatic rings. The summed E-state index contributed by atoms with van der Waals surface area (Å²) in [6.45, 7) is 2.83. The van der Waals surface area contributed by atoms with Gasteiger partial charge in [-0.2, -0.15) is 4.98 Å². The first-order valence-electron chi connectivity index (χ1n) is 9.78. The molecule has 0 aliphatic carbocycles. The number of imidazole rings is 1. The van der Waals surface area contributed by atoms with Crippen molar-refractivity contribution in [2.24, 2.45) is 0 Å². The van der Waals surface area contributed by atoms with Crippen molar-refractivity contribution in [3.05, 3.63) is 95.9 Å². The molecule has 0 saturated carbocycles. The first kappa shape index (κ1) is 18.6. The van der Waals surface area contributed by atoms with Crippen LogP contribution in [0, 0.1) is 6.92 Å². The van der Waals surface area contributed by atoms with Crippen LogP contribution in [-0.2, 0) is 12.3 Å². The number of hydrogen-bond acceptors (Lipinski definition) is 5. The van der Waals surface area contributed by atoms with Gasteiger partial charge in [-0.15, -0.1) is 0 Å². The maximum Gasteiger partial charge on any atom is 0.237 e. The van der Waals surface area contributed by atoms with Crippen molar-refractivity contribution in [2.75, 3.05) is 0 Å². The van der Waals surface area contributed by atoms with E-state index in [1.807, 2.05) is 48.5 Å². The summed E-state index contributed by atoms with van der Waals surface area (Å²) in [6.07, 6.45) is 0. The van der Waals surface area contributed by atoms with Crippen LogP contribution in [0.25, 0.3) is 22.4 Å². The highest BCUT2D eigenvalue weighted by molar-refractivity contribution is 7.98. The third-order valence-electron chi connectivity index (χ3n) is 4.91. The van der Waals surface area contributed by atoms with Gasteiger partial charge in [-0.1, -0.05) is 89.2 Å². The van der Waals surface area contributed by atoms with Crippen molar-refractivity contribution in [3.63, 3.8) is 0 Å². The minimum Gasteiger partial charge on any atom is -0.338 e. The summed E-state index contributed by atoms with van der Waals surface area (Å²) >= 11 is 1.61. The molecule has 5 nitrogen and oxygen atoms in total. The predicted molar refractivity (Wildman–Crippen MR) is 119 cm³/mol. The Morgan fingerprint density at radius 3 is 2.47 bits per heavy atom. The molecule has 0 N–H and O–H groups in total. The van der Waals surface area contributed by atoms with Crippen LogP contribution in [0.1, 0.15) is 17.0 Å². The SMILES string of the molecule is Cc1ccc(-c2noc(CSc3nc4ccccc4n3Cc3ccccc3)n2)cc1. The maximum absolute atomic E-state index is 5.48. The molecule has 0 unspecified atom stereocenters. The second-order valence-electron chi connectivity index (χ2n) is 7.12. The highest BCUT2D eigenvalue weighted by Crippen LogP contribution is 2.28. The van der Waals surface area contributed by atoms with Crippen LogP contribution in [0.5, 0.6) is 0 Å². The minimum atomic E-state index is 0.566. The minimum absolute atomic E-state index is 0.566. The van der Waals surface area contributed by atoms with Crippen LogP contribution >= 0.6 is 11.8 Å². The lowest BCUT2D eigenvalue weighted by Gasteiger charge is -2.08. The number of rotatable bonds is 6. The summed E-state index contributed by atoms with van der Waals surface area (Å²) < 4.78 is 7.73. The topological polar surface area (TPSA) is 56.7 Å². The Balaban J connectivity index is 1.39. The molecular formula is C24H20N4OS. The Hall–Kier alpha value is -3.38. The average Bonchev–Trinajstić information content (AvgIpc) is 3.39. The number of thioether (sulfide) groups is 1. The molecule has 6 heteroatoms. The zero-order chi connectivity index (χ0) is 20.3. The van der Waals surface area contributed by atoms with Gasteiger partial charge >= 0.3 is 0 Å². The van der Waals surface area contributed by atoms with E-state index in [-0.39, 0.29) is 0 Å². The number of nitrogens with zero attached hydrogens (tertiary/aromatic N) is 4. The third kappa shape index (κ3) is 3.86. The van der Waals surface area contributed by atoms with E-state index in [2.05, 4.69) is 52.0 Å². The zero-order valence-electron chi connectivity index (χ0n) is 16.5. The predicted octanol–water partition coefficient (Wildman–Crippen LogP) is 5.74. The summed E-state index contributed by atoms with van der Waals surface area (Å²) in [6, 6.07) is 26.8. The molecule has 0 amide bonds. The van der Waals surface area contributed by atoms with Crippen LogP contribution in [0.15, 0.2) is 88.5 Å². The number of aryl methyl sites for hydroxylation is 1. The van der Waals surface area contributed by atoms with Crippen molar-refractivity contribution in [2.45, 2.75) is 24.4 Å². The Morgan fingerprint density at radius 2 is 1.63 bits per heavy atom. The Labute approximate surface area is 178 Å². The number of benzene rings is 3. The fourth-order valence-corrected chi connectivity index (χ4v) is 4.19. The zero-order valence-corrected chi connectivity index (χ0v) is 17.3. The van der Waals surface area contributed by atoms with Gasteiger partial charge in [0.2, 0.25) is 11.7 Å². The van der Waals surface area contributed by atoms with E-state index in [9.17, 15) is 0 Å². The quantitative estimate of drug-likeness (QED) is 0.333. The summed E-state index contributed by atoms with van der Waals surface area (Å²) in [5.41, 5.74) is 5.51. The maximum atomic E-state index is 5.48. The van der Waals surface area contributed by atoms with Crippen molar-refractivity contribution in [1.29, 1.82) is 0 Å². The summed E-state index contributed by atoms with van der Waals surface area (Å²) in [5.74, 6) is 1.77. The summed E-state index contributed by atoms with van der Waals surface area (Å²) in [7, 11) is 0. The molecule has 0 fully saturated rings. The van der Waals surface area contributed by atoms with E-state index in [1.165, 1.54) is 11.1 Å². The third-order valence-corrected chi connectivity index (χ3v) is 5.87. The number of fused-ring (bicyclic) bond motifs is 1. The van der Waals surface area contributed by atoms with Crippen LogP contribution in [0.4, 0.5) is 0 Å². The van der Waals surface area contributed by atoms with Crippen molar-refractivity contribution >= 4 is 22.8 Å². The molecule has 2 heterocycles. The molecule has 0 atom stereocenters. The number of hydrogen-bond donors (Lipinski definition) is 0. The van der Waals surface area contributed by atoms with E-state index >= 15 is 0 Å². The number of para-hydroxylation sites is 2. The van der Waals surface area contributed by atoms with Crippen molar-refractivity contribution < 1.29 is 4.52 Å². The van der Waals surface area contributed by atoms with Gasteiger partial charge < -0.3 is 9.09 Å². The van der Waals surface area contributed by atoms with Crippen molar-refractivity contribution in [3.8, 4) is 11.4 Å². The van der Waals surface area contributed by atoms with E-state index < -0.39 is 0 Å². The van der Waals surface area contributed by atoms with Gasteiger partial charge in [0.25, 0.3) is 0 Å². The lowest BCUT2D eigenvalue weighted by Crippen LogP contribution is -2.01. The molecule has 0 bridgehead atoms. The largest absolute Gasteiger partial charge is 0.338 e. The van der Waals surface area contributed by atoms with Gasteiger partial charge in [0, 0.05) is 5.56 Å². The van der Waals surface area contributed by atoms with Gasteiger partial charge in [0.05, 0.1) is 23.3 Å². The second kappa shape index (κ2) is 8.16. The van der Waals surface area contributed by atoms with Crippen LogP contribution < -0.4 is 0 Å². The molecule has 2 aromatic heterocycles. The molecule has 5 aromatic rings. The summed E-state index contributed by atoms with van der Waals surface area (Å²) in [5, 5.41) is 5.07. The van der Waals surface area contributed by atoms with Gasteiger partial charge in [-0.05, 0) is 24.6 Å². The molecular weight excluding hydrogens is 392 g/mol.